The monoisotopic (exact) mass is 432 g/mol. The minimum atomic E-state index is 1.04. The molecule has 1 aliphatic heterocycles. The van der Waals surface area contributed by atoms with Gasteiger partial charge < -0.3 is 5.43 Å². The van der Waals surface area contributed by atoms with Crippen molar-refractivity contribution in [2.45, 2.75) is 90.9 Å². The van der Waals surface area contributed by atoms with Crippen molar-refractivity contribution < 1.29 is 0 Å². The molecular formula is C28H40N4. The molecule has 32 heavy (non-hydrogen) atoms. The van der Waals surface area contributed by atoms with Crippen molar-refractivity contribution in [3.05, 3.63) is 72.1 Å². The van der Waals surface area contributed by atoms with Crippen LogP contribution in [-0.4, -0.2) is 9.97 Å². The highest BCUT2D eigenvalue weighted by Gasteiger charge is 2.09. The second-order valence-corrected chi connectivity index (χ2v) is 8.79. The number of rotatable bonds is 14. The molecule has 0 saturated carbocycles. The van der Waals surface area contributed by atoms with Crippen LogP contribution in [0.25, 0.3) is 5.57 Å². The van der Waals surface area contributed by atoms with Crippen LogP contribution in [0, 0.1) is 0 Å². The molecule has 0 bridgehead atoms. The van der Waals surface area contributed by atoms with Crippen LogP contribution in [0.5, 0.6) is 0 Å². The maximum atomic E-state index is 4.67. The molecule has 2 aromatic rings. The van der Waals surface area contributed by atoms with Gasteiger partial charge in [-0.15, -0.1) is 0 Å². The van der Waals surface area contributed by atoms with E-state index in [1.54, 1.807) is 0 Å². The summed E-state index contributed by atoms with van der Waals surface area (Å²) in [6.07, 6.45) is 25.3. The van der Waals surface area contributed by atoms with Gasteiger partial charge in [-0.2, -0.15) is 0 Å². The first-order valence-corrected chi connectivity index (χ1v) is 12.6. The lowest BCUT2D eigenvalue weighted by Crippen LogP contribution is -2.31. The number of allylic oxidation sites excluding steroid dienone is 2. The molecule has 0 fully saturated rings. The number of pyridine rings is 2. The summed E-state index contributed by atoms with van der Waals surface area (Å²) in [7, 11) is 0. The van der Waals surface area contributed by atoms with E-state index in [-0.39, 0.29) is 0 Å². The topological polar surface area (TPSA) is 41.0 Å². The minimum absolute atomic E-state index is 1.04. The van der Waals surface area contributed by atoms with Crippen LogP contribution in [0.15, 0.2) is 55.1 Å². The summed E-state index contributed by atoms with van der Waals surface area (Å²) < 4.78 is 0. The van der Waals surface area contributed by atoms with Crippen molar-refractivity contribution in [1.29, 1.82) is 0 Å². The first kappa shape index (κ1) is 24.0. The molecule has 0 aromatic carbocycles. The average molecular weight is 433 g/mol. The number of aromatic nitrogens is 2. The van der Waals surface area contributed by atoms with E-state index < -0.39 is 0 Å². The SMILES string of the molecule is CCCCCCCc1ccc(C2=CNN(c3ccc(CCCCCCC)nc3)C=C2)cn1. The largest absolute Gasteiger partial charge is 0.301 e. The number of anilines is 1. The third-order valence-corrected chi connectivity index (χ3v) is 6.08. The van der Waals surface area contributed by atoms with Crippen molar-refractivity contribution in [2.75, 3.05) is 5.01 Å². The number of hydrogen-bond donors (Lipinski definition) is 1. The molecule has 3 heterocycles. The normalized spacial score (nSPS) is 13.2. The Labute approximate surface area is 194 Å². The Hall–Kier alpha value is -2.62. The second kappa shape index (κ2) is 13.7. The lowest BCUT2D eigenvalue weighted by molar-refractivity contribution is 0.628. The van der Waals surface area contributed by atoms with E-state index in [0.717, 1.165) is 29.7 Å². The Morgan fingerprint density at radius 1 is 0.719 bits per heavy atom. The zero-order valence-corrected chi connectivity index (χ0v) is 20.0. The van der Waals surface area contributed by atoms with Crippen molar-refractivity contribution in [1.82, 2.24) is 15.4 Å². The molecular weight excluding hydrogens is 392 g/mol. The van der Waals surface area contributed by atoms with E-state index in [1.807, 2.05) is 23.6 Å². The Kier molecular flexibility index (Phi) is 10.3. The van der Waals surface area contributed by atoms with Crippen LogP contribution in [-0.2, 0) is 12.8 Å². The summed E-state index contributed by atoms with van der Waals surface area (Å²) in [5.41, 5.74) is 9.05. The summed E-state index contributed by atoms with van der Waals surface area (Å²) in [5.74, 6) is 0. The van der Waals surface area contributed by atoms with Crippen LogP contribution < -0.4 is 10.4 Å². The zero-order chi connectivity index (χ0) is 22.4. The number of nitrogens with zero attached hydrogens (tertiary/aromatic N) is 3. The van der Waals surface area contributed by atoms with Crippen molar-refractivity contribution in [3.63, 3.8) is 0 Å². The third-order valence-electron chi connectivity index (χ3n) is 6.08. The summed E-state index contributed by atoms with van der Waals surface area (Å²) in [6, 6.07) is 8.63. The van der Waals surface area contributed by atoms with Gasteiger partial charge in [-0.1, -0.05) is 71.3 Å². The standard InChI is InChI=1S/C28H40N4/c1-3-5-7-9-11-13-26-16-15-24(21-29-26)25-19-20-32(31-22-25)28-18-17-27(30-23-28)14-12-10-8-6-4-2/h15-23,31H,3-14H2,1-2H3. The number of unbranched alkanes of at least 4 members (excludes halogenated alkanes) is 8. The molecule has 1 N–H and O–H groups in total. The highest BCUT2D eigenvalue weighted by Crippen LogP contribution is 2.21. The lowest BCUT2D eigenvalue weighted by Gasteiger charge is -2.24. The van der Waals surface area contributed by atoms with Gasteiger partial charge in [0.15, 0.2) is 0 Å². The summed E-state index contributed by atoms with van der Waals surface area (Å²) >= 11 is 0. The Bertz CT molecular complexity index is 837. The maximum Gasteiger partial charge on any atom is 0.0806 e. The molecule has 0 amide bonds. The van der Waals surface area contributed by atoms with Gasteiger partial charge in [-0.25, -0.2) is 0 Å². The van der Waals surface area contributed by atoms with Gasteiger partial charge in [0.25, 0.3) is 0 Å². The van der Waals surface area contributed by atoms with Gasteiger partial charge in [0.05, 0.1) is 11.9 Å². The maximum absolute atomic E-state index is 4.67. The first-order chi connectivity index (χ1) is 15.8. The predicted octanol–water partition coefficient (Wildman–Crippen LogP) is 7.38. The molecule has 0 unspecified atom stereocenters. The molecule has 0 atom stereocenters. The number of aryl methyl sites for hydroxylation is 2. The molecule has 0 aliphatic carbocycles. The van der Waals surface area contributed by atoms with E-state index in [4.69, 9.17) is 0 Å². The van der Waals surface area contributed by atoms with Crippen molar-refractivity contribution in [2.24, 2.45) is 0 Å². The van der Waals surface area contributed by atoms with Gasteiger partial charge in [-0.3, -0.25) is 15.0 Å². The van der Waals surface area contributed by atoms with E-state index >= 15 is 0 Å². The predicted molar refractivity (Wildman–Crippen MR) is 136 cm³/mol. The smallest absolute Gasteiger partial charge is 0.0806 e. The lowest BCUT2D eigenvalue weighted by atomic mass is 10.1. The minimum Gasteiger partial charge on any atom is -0.301 e. The summed E-state index contributed by atoms with van der Waals surface area (Å²) in [4.78, 5) is 9.33. The van der Waals surface area contributed by atoms with Crippen LogP contribution in [0.1, 0.15) is 95.0 Å². The number of nitrogens with one attached hydrogen (secondary N) is 1. The number of hydrogen-bond acceptors (Lipinski definition) is 4. The molecule has 172 valence electrons. The van der Waals surface area contributed by atoms with Gasteiger partial charge >= 0.3 is 0 Å². The molecule has 4 heteroatoms. The second-order valence-electron chi connectivity index (χ2n) is 8.79. The van der Waals surface area contributed by atoms with Crippen LogP contribution in [0.3, 0.4) is 0 Å². The Morgan fingerprint density at radius 2 is 1.34 bits per heavy atom. The van der Waals surface area contributed by atoms with Crippen LogP contribution >= 0.6 is 0 Å². The fourth-order valence-electron chi connectivity index (χ4n) is 3.99. The first-order valence-electron chi connectivity index (χ1n) is 12.6. The molecule has 4 nitrogen and oxygen atoms in total. The fourth-order valence-corrected chi connectivity index (χ4v) is 3.99. The highest BCUT2D eigenvalue weighted by molar-refractivity contribution is 5.75. The fraction of sp³-hybridized carbons (Fsp3) is 0.500. The van der Waals surface area contributed by atoms with Crippen molar-refractivity contribution >= 4 is 11.3 Å². The Balaban J connectivity index is 1.44. The third kappa shape index (κ3) is 7.81. The van der Waals surface area contributed by atoms with E-state index in [9.17, 15) is 0 Å². The van der Waals surface area contributed by atoms with Gasteiger partial charge in [-0.05, 0) is 50.0 Å². The molecule has 2 aromatic heterocycles. The molecule has 0 saturated heterocycles. The van der Waals surface area contributed by atoms with Crippen LogP contribution in [0.4, 0.5) is 5.69 Å². The quantitative estimate of drug-likeness (QED) is 0.316. The zero-order valence-electron chi connectivity index (χ0n) is 20.0. The Morgan fingerprint density at radius 3 is 1.84 bits per heavy atom. The molecule has 3 rings (SSSR count). The summed E-state index contributed by atoms with van der Waals surface area (Å²) in [5, 5.41) is 2.00. The number of hydrazine groups is 1. The van der Waals surface area contributed by atoms with E-state index in [1.165, 1.54) is 75.6 Å². The van der Waals surface area contributed by atoms with Gasteiger partial charge in [0.2, 0.25) is 0 Å². The van der Waals surface area contributed by atoms with Crippen LogP contribution in [0.2, 0.25) is 0 Å². The summed E-state index contributed by atoms with van der Waals surface area (Å²) in [6.45, 7) is 4.51. The van der Waals surface area contributed by atoms with E-state index in [2.05, 4.69) is 65.8 Å². The van der Waals surface area contributed by atoms with E-state index in [0.29, 0.717) is 0 Å². The molecule has 0 spiro atoms. The average Bonchev–Trinajstić information content (AvgIpc) is 2.85. The molecule has 0 radical (unpaired) electrons. The van der Waals surface area contributed by atoms with Gasteiger partial charge in [0.1, 0.15) is 0 Å². The van der Waals surface area contributed by atoms with Crippen molar-refractivity contribution in [3.8, 4) is 0 Å². The highest BCUT2D eigenvalue weighted by atomic mass is 15.5. The molecule has 1 aliphatic rings. The van der Waals surface area contributed by atoms with Gasteiger partial charge in [0, 0.05) is 41.1 Å².